The lowest BCUT2D eigenvalue weighted by atomic mass is 9.85. The molecule has 0 spiro atoms. The molecule has 25 N–H and O–H groups in total. The third-order valence-corrected chi connectivity index (χ3v) is 28.6. The molecule has 9 aliphatic heterocycles. The van der Waals surface area contributed by atoms with Crippen molar-refractivity contribution in [3.8, 4) is 57.1 Å². The lowest BCUT2D eigenvalue weighted by Gasteiger charge is -2.48. The number of aliphatic hydroxyl groups excluding tert-OH is 15. The predicted molar refractivity (Wildman–Crippen MR) is 542 cm³/mol. The third-order valence-electron chi connectivity index (χ3n) is 25.5. The van der Waals surface area contributed by atoms with Crippen LogP contribution in [-0.2, 0) is 51.3 Å². The van der Waals surface area contributed by atoms with Crippen molar-refractivity contribution in [1.29, 1.82) is 10.8 Å². The topological polar surface area (TPSA) is 747 Å². The van der Waals surface area contributed by atoms with Gasteiger partial charge in [-0.05, 0) is 135 Å². The van der Waals surface area contributed by atoms with E-state index in [-0.39, 0.29) is 129 Å². The molecule has 3 saturated heterocycles. The van der Waals surface area contributed by atoms with Crippen LogP contribution in [0.1, 0.15) is 149 Å². The number of thiazole rings is 1. The highest BCUT2D eigenvalue weighted by Crippen LogP contribution is 2.52. The van der Waals surface area contributed by atoms with Gasteiger partial charge in [0, 0.05) is 90.7 Å². The number of H-pyrrole nitrogens is 1. The Labute approximate surface area is 871 Å². The molecule has 20 atom stereocenters. The summed E-state index contributed by atoms with van der Waals surface area (Å²) in [4.78, 5) is 98.0. The molecule has 5 aromatic carbocycles. The van der Waals surface area contributed by atoms with Crippen LogP contribution in [0, 0.1) is 16.7 Å². The number of hydrogen-bond donors (Lipinski definition) is 25. The van der Waals surface area contributed by atoms with Gasteiger partial charge in [0.2, 0.25) is 53.3 Å². The van der Waals surface area contributed by atoms with Gasteiger partial charge in [0.15, 0.2) is 107 Å². The number of likely N-dealkylation sites (N-methyl/N-ethyl adjacent to an activating group) is 1. The number of aromatic hydroxyl groups is 3. The Morgan fingerprint density at radius 1 is 0.752 bits per heavy atom. The molecule has 11 heterocycles. The first-order valence-corrected chi connectivity index (χ1v) is 49.7. The van der Waals surface area contributed by atoms with E-state index in [1.165, 1.54) is 45.0 Å². The molecule has 7 aromatic rings. The average molecular weight is 2170 g/mol. The quantitative estimate of drug-likeness (QED) is 0.00467. The summed E-state index contributed by atoms with van der Waals surface area (Å²) in [5, 5.41) is 260. The van der Waals surface area contributed by atoms with E-state index in [0.29, 0.717) is 25.0 Å². The number of nitrogens with zero attached hydrogens (tertiary/aromatic N) is 12. The van der Waals surface area contributed by atoms with Gasteiger partial charge in [-0.2, -0.15) is 0 Å². The number of carboxylic acids is 2. The number of pyridine rings is 1. The van der Waals surface area contributed by atoms with E-state index < -0.39 is 266 Å². The zero-order valence-electron chi connectivity index (χ0n) is 80.5. The summed E-state index contributed by atoms with van der Waals surface area (Å²) in [5.41, 5.74) is -3.59. The van der Waals surface area contributed by atoms with Crippen molar-refractivity contribution < 1.29 is 159 Å². The van der Waals surface area contributed by atoms with Gasteiger partial charge in [0.05, 0.1) is 47.9 Å². The fraction of sp³-hybridized carbons (Fsp3) is 0.438. The summed E-state index contributed by atoms with van der Waals surface area (Å²) in [6.07, 6.45) is -15.1. The van der Waals surface area contributed by atoms with Gasteiger partial charge in [-0.15, -0.1) is 11.8 Å². The maximum Gasteiger partial charge on any atom is 0.352 e. The number of hydrogen-bond acceptors (Lipinski definition) is 35. The Morgan fingerprint density at radius 2 is 1.40 bits per heavy atom. The van der Waals surface area contributed by atoms with Crippen molar-refractivity contribution in [1.82, 2.24) is 25.4 Å². The number of carbonyl (C=O) groups excluding carboxylic acids is 2. The number of thioether (sulfide) groups is 1. The molecule has 0 radical (unpaired) electrons. The number of aliphatic carboxylic acids is 2. The Bertz CT molecular complexity index is 6620. The molecule has 798 valence electrons. The molecule has 11 bridgehead atoms. The van der Waals surface area contributed by atoms with Crippen molar-refractivity contribution in [2.45, 2.75) is 213 Å². The first kappa shape index (κ1) is 111. The van der Waals surface area contributed by atoms with Gasteiger partial charge in [-0.25, -0.2) is 49.1 Å². The standard InChI is InChI=1S/C96H110Cl3N17O31S2/c1-8-115(35-41-19-23-114(24-20-41)36-46-38-148-91-73(90(136)116(91)74(46)93(139)140)111-87(133)70(113-141-7)69-82(99)149-95(101)112-69)63(123)12-10-9-11-62(122)103-21-22-104-96(5)34-64(142-40(4)81(96)128)146-80-78(127)77(126)60(37-117)145-94(80)147-79-58-29-45-30-59(79)144-57-18-15-44(28-51(57)98)76(125)72-89(135)108-68(92(137)138)49-31-47(118)32-55(120)65(49)48-26-42(13-16-54(48)119)66(85(131)110-72)107-86(132)67(45)106-84(130)53(33-61(100)121)105-88(134)71(109-83(129)52(102-6)25-39(2)3)75(124)43-14-17-56(143-58)50(97)27-43/h13-20,23-24,26-32,39-40,52-53,60,64,66-68,71-73,75-78,80-81,91,94,102,104,117,124-128H,8-12,21-22,25,33-38H2,1-7H3,(H16-,100,101,103,105,106,107,108,109,110,111,112,113,118,119,120,121,122,129,130,131,132,133,134,135,137,138,139,140)/p+1/t40-,52+,53-,60+,64-,66+,67+,68?,71+,72-,73+,75+,76?,77+,78-,80+,81+,91+,94-,96-/m0/s1. The van der Waals surface area contributed by atoms with Crippen LogP contribution >= 0.6 is 57.9 Å². The summed E-state index contributed by atoms with van der Waals surface area (Å²) in [6.45, 7) is 8.17. The molecule has 16 rings (SSSR count). The van der Waals surface area contributed by atoms with Crippen LogP contribution in [0.3, 0.4) is 0 Å². The number of aliphatic imine (C=N–C) groups is 8. The summed E-state index contributed by atoms with van der Waals surface area (Å²) in [6, 6.07) is 1.52. The molecule has 0 aliphatic carbocycles. The van der Waals surface area contributed by atoms with Gasteiger partial charge in [0.25, 0.3) is 5.91 Å². The minimum atomic E-state index is -2.40. The molecule has 149 heavy (non-hydrogen) atoms. The molecule has 53 heteroatoms. The lowest BCUT2D eigenvalue weighted by Crippen LogP contribution is -2.65. The van der Waals surface area contributed by atoms with Crippen molar-refractivity contribution in [3.63, 3.8) is 0 Å². The van der Waals surface area contributed by atoms with Crippen LogP contribution in [0.25, 0.3) is 11.1 Å². The first-order valence-electron chi connectivity index (χ1n) is 46.7. The Kier molecular flexibility index (Phi) is 35.5. The Hall–Kier alpha value is -13.4. The van der Waals surface area contributed by atoms with E-state index in [0.717, 1.165) is 88.5 Å². The summed E-state index contributed by atoms with van der Waals surface area (Å²) in [7, 11) is 2.71. The number of aromatic amines is 1. The van der Waals surface area contributed by atoms with Crippen LogP contribution in [0.5, 0.6) is 46.0 Å². The summed E-state index contributed by atoms with van der Waals surface area (Å²) >= 11 is 22.7. The number of nitrogens with one attached hydrogen (secondary N) is 5. The largest absolute Gasteiger partial charge is 0.508 e. The smallest absolute Gasteiger partial charge is 0.352 e. The van der Waals surface area contributed by atoms with E-state index in [1.54, 1.807) is 40.9 Å². The molecule has 2 unspecified atom stereocenters. The van der Waals surface area contributed by atoms with Crippen LogP contribution in [0.15, 0.2) is 160 Å². The van der Waals surface area contributed by atoms with Crippen molar-refractivity contribution in [2.75, 3.05) is 46.2 Å². The molecule has 9 aliphatic rings. The number of ether oxygens (including phenoxy) is 6. The molecule has 48 nitrogen and oxygen atoms in total. The highest BCUT2D eigenvalue weighted by molar-refractivity contribution is 8.00. The zero-order valence-corrected chi connectivity index (χ0v) is 84.4. The number of aliphatic hydroxyl groups is 15. The van der Waals surface area contributed by atoms with Crippen molar-refractivity contribution >= 4 is 140 Å². The van der Waals surface area contributed by atoms with E-state index >= 15 is 0 Å². The normalized spacial score (nSPS) is 26.2. The van der Waals surface area contributed by atoms with Gasteiger partial charge in [0.1, 0.15) is 93.5 Å². The highest BCUT2D eigenvalue weighted by Gasteiger charge is 2.56. The van der Waals surface area contributed by atoms with Crippen LogP contribution < -0.4 is 34.2 Å². The van der Waals surface area contributed by atoms with Crippen molar-refractivity contribution in [2.24, 2.45) is 51.0 Å². The van der Waals surface area contributed by atoms with E-state index in [1.807, 2.05) is 20.8 Å². The van der Waals surface area contributed by atoms with Gasteiger partial charge in [-0.3, -0.25) is 30.3 Å². The minimum Gasteiger partial charge on any atom is -0.508 e. The van der Waals surface area contributed by atoms with E-state index in [9.17, 15) is 121 Å². The molecule has 0 saturated carbocycles. The highest BCUT2D eigenvalue weighted by atomic mass is 35.5. The predicted octanol–water partition coefficient (Wildman–Crippen LogP) is 8.83. The number of fused-ring (bicyclic) bond motifs is 13. The maximum absolute atomic E-state index is 13.7. The number of carbonyl (C=O) groups is 4. The number of carboxylic acid groups (broad SMARTS) is 2. The number of rotatable bonds is 32. The molecule has 3 fully saturated rings. The minimum absolute atomic E-state index is 0.00347. The number of unbranched alkanes of at least 4 members (excludes halogenated alkanes) is 1. The number of benzene rings is 5. The first-order chi connectivity index (χ1) is 70.8. The number of β-lactam (4-membered cyclic amide) rings is 1. The number of halogens is 3. The second-order valence-corrected chi connectivity index (χ2v) is 39.9. The van der Waals surface area contributed by atoms with Crippen LogP contribution in [-0.4, -0.2) is 336 Å². The van der Waals surface area contributed by atoms with E-state index in [4.69, 9.17) is 78.9 Å². The Balaban J connectivity index is 0.743. The number of aromatic nitrogens is 2. The summed E-state index contributed by atoms with van der Waals surface area (Å²) < 4.78 is 41.4. The Morgan fingerprint density at radius 3 is 2.02 bits per heavy atom. The SMILES string of the molecule is CCN(Cc1cc[n+](CC2=C(C(=O)O)N3C(=O)[C@@H](N=C(O)C(=NOC)c4[nH]c(=N)sc4Cl)[C@H]3SC2)cc1)C(=O)CCCCC(O)=NCCN[C@@]1(C)C[C@H](O[C@H]2[C@H](Oc3c4cc5cc3Oc3ccc(cc3Cl)[C@@H](O)[C@@H](N=C(O)[C@@H](CC(C)C)NC)C(O)=N[C@@H](CC(=N)O)C(O)=N[C@H]5C(O)=N[C@H]3C(O)=N[C@H](C(O)=NC(C(=O)O)c5cc(O)cc(O)c5-c5cc3ccc5O)C(O)c3ccc(c(Cl)c3)O4)O[C@H](CO)[C@@H](O)[C@@H]2O)O[C@@H](C)[C@H]1O. The van der Waals surface area contributed by atoms with E-state index in [2.05, 4.69) is 60.7 Å². The van der Waals surface area contributed by atoms with Gasteiger partial charge in [-0.1, -0.05) is 83.3 Å². The van der Waals surface area contributed by atoms with Gasteiger partial charge >= 0.3 is 11.9 Å². The fourth-order valence-electron chi connectivity index (χ4n) is 17.9. The van der Waals surface area contributed by atoms with Crippen LogP contribution in [0.4, 0.5) is 0 Å². The number of oxime groups is 1. The second kappa shape index (κ2) is 47.6. The second-order valence-electron chi connectivity index (χ2n) is 36.4. The number of amides is 2. The monoisotopic (exact) mass is 2170 g/mol. The molecular formula is C96H111Cl3N17O31S2+. The fourth-order valence-corrected chi connectivity index (χ4v) is 20.6. The zero-order chi connectivity index (χ0) is 108. The number of phenolic OH excluding ortho intramolecular Hbond substituents is 3. The number of phenols is 3. The van der Waals surface area contributed by atoms with Crippen molar-refractivity contribution in [3.05, 3.63) is 173 Å². The third kappa shape index (κ3) is 25.0. The maximum atomic E-state index is 13.7. The molecular weight excluding hydrogens is 2060 g/mol. The molecule has 2 aromatic heterocycles. The summed E-state index contributed by atoms with van der Waals surface area (Å²) in [5.74, 6) is -18.5. The van der Waals surface area contributed by atoms with Crippen LogP contribution in [0.2, 0.25) is 14.4 Å². The lowest BCUT2D eigenvalue weighted by molar-refractivity contribution is -0.689. The molecule has 2 amide bonds. The van der Waals surface area contributed by atoms with Gasteiger partial charge < -0.3 is 156 Å². The average Bonchev–Trinajstić information content (AvgIpc) is 0.886.